The van der Waals surface area contributed by atoms with E-state index in [1.54, 1.807) is 0 Å². The fourth-order valence-electron chi connectivity index (χ4n) is 1.79. The lowest BCUT2D eigenvalue weighted by Crippen LogP contribution is -2.16. The Morgan fingerprint density at radius 1 is 1.24 bits per heavy atom. The van der Waals surface area contributed by atoms with Gasteiger partial charge in [-0.05, 0) is 44.0 Å². The van der Waals surface area contributed by atoms with Crippen LogP contribution in [0.1, 0.15) is 36.6 Å². The predicted molar refractivity (Wildman–Crippen MR) is 75.3 cm³/mol. The van der Waals surface area contributed by atoms with Gasteiger partial charge in [0.2, 0.25) is 0 Å². The Bertz CT molecular complexity index is 343. The number of hydrogen-bond acceptors (Lipinski definition) is 4. The van der Waals surface area contributed by atoms with E-state index in [4.69, 9.17) is 5.73 Å². The van der Waals surface area contributed by atoms with Crippen molar-refractivity contribution in [2.24, 2.45) is 11.7 Å². The summed E-state index contributed by atoms with van der Waals surface area (Å²) in [5.41, 5.74) is 9.17. The molecule has 2 N–H and O–H groups in total. The molecule has 0 spiro atoms. The molecule has 0 radical (unpaired) electrons. The van der Waals surface area contributed by atoms with Gasteiger partial charge >= 0.3 is 0 Å². The molecule has 0 aliphatic rings. The Labute approximate surface area is 109 Å². The Balaban J connectivity index is 2.86. The molecule has 1 heterocycles. The van der Waals surface area contributed by atoms with E-state index >= 15 is 0 Å². The Morgan fingerprint density at radius 2 is 1.82 bits per heavy atom. The van der Waals surface area contributed by atoms with Crippen molar-refractivity contribution in [3.8, 4) is 0 Å². The molecule has 0 bridgehead atoms. The molecule has 17 heavy (non-hydrogen) atoms. The van der Waals surface area contributed by atoms with Gasteiger partial charge in [-0.3, -0.25) is 0 Å². The Kier molecular flexibility index (Phi) is 5.92. The molecule has 1 aromatic heterocycles. The highest BCUT2D eigenvalue weighted by atomic mass is 32.2. The molecule has 1 aromatic rings. The Morgan fingerprint density at radius 3 is 2.29 bits per heavy atom. The van der Waals surface area contributed by atoms with E-state index in [9.17, 15) is 0 Å². The summed E-state index contributed by atoms with van der Waals surface area (Å²) in [6, 6.07) is 0. The van der Waals surface area contributed by atoms with Gasteiger partial charge in [0.05, 0.1) is 5.75 Å². The van der Waals surface area contributed by atoms with Crippen molar-refractivity contribution in [2.45, 2.75) is 39.9 Å². The molecule has 0 aromatic carbocycles. The smallest absolute Gasteiger partial charge is 0.138 e. The van der Waals surface area contributed by atoms with Gasteiger partial charge in [0.25, 0.3) is 0 Å². The summed E-state index contributed by atoms with van der Waals surface area (Å²) in [6.45, 7) is 9.19. The zero-order valence-corrected chi connectivity index (χ0v) is 12.1. The van der Waals surface area contributed by atoms with Crippen molar-refractivity contribution in [2.75, 3.05) is 12.3 Å². The van der Waals surface area contributed by atoms with E-state index in [1.165, 1.54) is 5.56 Å². The standard InChI is InChI=1S/C13H23N3S/c1-5-17-8-13-15-10(3)12(11(4)16-13)6-9(2)7-14/h9H,5-8,14H2,1-4H3. The van der Waals surface area contributed by atoms with E-state index in [0.29, 0.717) is 12.5 Å². The summed E-state index contributed by atoms with van der Waals surface area (Å²) in [4.78, 5) is 9.17. The van der Waals surface area contributed by atoms with E-state index in [1.807, 2.05) is 11.8 Å². The van der Waals surface area contributed by atoms with Crippen LogP contribution in [0.15, 0.2) is 0 Å². The summed E-state index contributed by atoms with van der Waals surface area (Å²) in [7, 11) is 0. The van der Waals surface area contributed by atoms with Crippen LogP contribution in [0.5, 0.6) is 0 Å². The quantitative estimate of drug-likeness (QED) is 0.846. The molecule has 0 amide bonds. The third kappa shape index (κ3) is 4.28. The topological polar surface area (TPSA) is 51.8 Å². The Hall–Kier alpha value is -0.610. The van der Waals surface area contributed by atoms with Crippen molar-refractivity contribution in [3.05, 3.63) is 22.8 Å². The lowest BCUT2D eigenvalue weighted by molar-refractivity contribution is 0.585. The molecular weight excluding hydrogens is 230 g/mol. The number of aromatic nitrogens is 2. The minimum Gasteiger partial charge on any atom is -0.330 e. The summed E-state index contributed by atoms with van der Waals surface area (Å²) in [5.74, 6) is 3.46. The van der Waals surface area contributed by atoms with E-state index in [2.05, 4.69) is 37.7 Å². The number of aryl methyl sites for hydroxylation is 2. The molecule has 1 rings (SSSR count). The average molecular weight is 253 g/mol. The maximum Gasteiger partial charge on any atom is 0.138 e. The zero-order valence-electron chi connectivity index (χ0n) is 11.3. The van der Waals surface area contributed by atoms with Crippen molar-refractivity contribution in [1.29, 1.82) is 0 Å². The summed E-state index contributed by atoms with van der Waals surface area (Å²) >= 11 is 1.86. The zero-order chi connectivity index (χ0) is 12.8. The lowest BCUT2D eigenvalue weighted by Gasteiger charge is -2.14. The summed E-state index contributed by atoms with van der Waals surface area (Å²) < 4.78 is 0. The van der Waals surface area contributed by atoms with Crippen molar-refractivity contribution in [3.63, 3.8) is 0 Å². The van der Waals surface area contributed by atoms with Crippen molar-refractivity contribution < 1.29 is 0 Å². The van der Waals surface area contributed by atoms with Crippen LogP contribution in [0.2, 0.25) is 0 Å². The van der Waals surface area contributed by atoms with Gasteiger partial charge in [0.1, 0.15) is 5.82 Å². The van der Waals surface area contributed by atoms with Crippen molar-refractivity contribution in [1.82, 2.24) is 9.97 Å². The molecule has 3 nitrogen and oxygen atoms in total. The highest BCUT2D eigenvalue weighted by Crippen LogP contribution is 2.17. The van der Waals surface area contributed by atoms with Crippen LogP contribution >= 0.6 is 11.8 Å². The first kappa shape index (κ1) is 14.5. The SMILES string of the molecule is CCSCc1nc(C)c(CC(C)CN)c(C)n1. The first-order valence-electron chi connectivity index (χ1n) is 6.19. The third-order valence-electron chi connectivity index (χ3n) is 2.86. The van der Waals surface area contributed by atoms with Crippen LogP contribution in [0.4, 0.5) is 0 Å². The summed E-state index contributed by atoms with van der Waals surface area (Å²) in [5, 5.41) is 0. The van der Waals surface area contributed by atoms with Crippen LogP contribution in [0.3, 0.4) is 0 Å². The average Bonchev–Trinajstić information content (AvgIpc) is 2.30. The van der Waals surface area contributed by atoms with Crippen LogP contribution in [-0.2, 0) is 12.2 Å². The van der Waals surface area contributed by atoms with Gasteiger partial charge in [-0.25, -0.2) is 9.97 Å². The maximum absolute atomic E-state index is 5.67. The number of nitrogens with two attached hydrogens (primary N) is 1. The highest BCUT2D eigenvalue weighted by molar-refractivity contribution is 7.98. The minimum absolute atomic E-state index is 0.492. The highest BCUT2D eigenvalue weighted by Gasteiger charge is 2.11. The molecule has 0 aliphatic heterocycles. The van der Waals surface area contributed by atoms with Gasteiger partial charge < -0.3 is 5.73 Å². The number of hydrogen-bond donors (Lipinski definition) is 1. The maximum atomic E-state index is 5.67. The minimum atomic E-state index is 0.492. The number of nitrogens with zero attached hydrogens (tertiary/aromatic N) is 2. The molecule has 0 aliphatic carbocycles. The van der Waals surface area contributed by atoms with Gasteiger partial charge in [-0.2, -0.15) is 11.8 Å². The van der Waals surface area contributed by atoms with Gasteiger partial charge in [-0.15, -0.1) is 0 Å². The monoisotopic (exact) mass is 253 g/mol. The molecule has 1 atom stereocenters. The lowest BCUT2D eigenvalue weighted by atomic mass is 9.99. The van der Waals surface area contributed by atoms with E-state index in [0.717, 1.165) is 35.1 Å². The van der Waals surface area contributed by atoms with Crippen LogP contribution in [0, 0.1) is 19.8 Å². The second-order valence-corrected chi connectivity index (χ2v) is 5.75. The molecule has 1 unspecified atom stereocenters. The first-order chi connectivity index (χ1) is 8.08. The fourth-order valence-corrected chi connectivity index (χ4v) is 2.31. The van der Waals surface area contributed by atoms with Gasteiger partial charge in [-0.1, -0.05) is 13.8 Å². The van der Waals surface area contributed by atoms with Crippen molar-refractivity contribution >= 4 is 11.8 Å². The molecule has 96 valence electrons. The van der Waals surface area contributed by atoms with E-state index in [-0.39, 0.29) is 0 Å². The molecule has 0 fully saturated rings. The molecule has 4 heteroatoms. The predicted octanol–water partition coefficient (Wildman–Crippen LogP) is 2.48. The van der Waals surface area contributed by atoms with Crippen LogP contribution in [-0.4, -0.2) is 22.3 Å². The number of rotatable bonds is 6. The summed E-state index contributed by atoms with van der Waals surface area (Å²) in [6.07, 6.45) is 0.982. The van der Waals surface area contributed by atoms with Gasteiger partial charge in [0, 0.05) is 11.4 Å². The van der Waals surface area contributed by atoms with Gasteiger partial charge in [0.15, 0.2) is 0 Å². The number of thioether (sulfide) groups is 1. The molecular formula is C13H23N3S. The normalized spacial score (nSPS) is 12.8. The molecule has 0 saturated heterocycles. The van der Waals surface area contributed by atoms with Crippen LogP contribution in [0.25, 0.3) is 0 Å². The fraction of sp³-hybridized carbons (Fsp3) is 0.692. The van der Waals surface area contributed by atoms with E-state index < -0.39 is 0 Å². The largest absolute Gasteiger partial charge is 0.330 e. The molecule has 0 saturated carbocycles. The third-order valence-corrected chi connectivity index (χ3v) is 3.73. The van der Waals surface area contributed by atoms with Crippen LogP contribution < -0.4 is 5.73 Å². The second kappa shape index (κ2) is 6.97. The second-order valence-electron chi connectivity index (χ2n) is 4.47. The first-order valence-corrected chi connectivity index (χ1v) is 7.34.